The maximum absolute atomic E-state index is 12.8. The maximum Gasteiger partial charge on any atom is 0.173 e. The molecule has 0 aliphatic heterocycles. The van der Waals surface area contributed by atoms with E-state index in [1.807, 2.05) is 18.2 Å². The quantitative estimate of drug-likeness (QED) is 0.280. The Balaban J connectivity index is 1.45. The summed E-state index contributed by atoms with van der Waals surface area (Å²) in [6, 6.07) is 26.9. The van der Waals surface area contributed by atoms with E-state index in [-0.39, 0.29) is 5.78 Å². The maximum atomic E-state index is 12.8. The van der Waals surface area contributed by atoms with Gasteiger partial charge in [-0.15, -0.1) is 11.3 Å². The number of aliphatic hydroxyl groups excluding tert-OH is 1. The summed E-state index contributed by atoms with van der Waals surface area (Å²) in [6.45, 7) is 6.04. The van der Waals surface area contributed by atoms with Gasteiger partial charge in [-0.3, -0.25) is 4.79 Å². The van der Waals surface area contributed by atoms with Crippen LogP contribution in [0.2, 0.25) is 0 Å². The van der Waals surface area contributed by atoms with E-state index in [1.165, 1.54) is 27.8 Å². The zero-order valence-corrected chi connectivity index (χ0v) is 20.3. The molecule has 2 nitrogen and oxygen atoms in total. The van der Waals surface area contributed by atoms with Crippen molar-refractivity contribution in [3.63, 3.8) is 0 Å². The molecule has 0 aliphatic rings. The molecule has 1 aromatic heterocycles. The number of rotatable bonds is 8. The first-order chi connectivity index (χ1) is 15.9. The van der Waals surface area contributed by atoms with Crippen LogP contribution in [-0.4, -0.2) is 10.9 Å². The Morgan fingerprint density at radius 3 is 2.42 bits per heavy atom. The molecule has 3 heteroatoms. The highest BCUT2D eigenvalue weighted by molar-refractivity contribution is 7.17. The summed E-state index contributed by atoms with van der Waals surface area (Å²) in [6.07, 6.45) is 1.65. The summed E-state index contributed by atoms with van der Waals surface area (Å²) in [7, 11) is 0. The lowest BCUT2D eigenvalue weighted by Crippen LogP contribution is -2.00. The van der Waals surface area contributed by atoms with Gasteiger partial charge < -0.3 is 5.11 Å². The van der Waals surface area contributed by atoms with Crippen LogP contribution in [0.3, 0.4) is 0 Å². The van der Waals surface area contributed by atoms with E-state index in [9.17, 15) is 9.90 Å². The van der Waals surface area contributed by atoms with Gasteiger partial charge in [0.2, 0.25) is 0 Å². The number of carbonyl (C=O) groups excluding carboxylic acids is 1. The highest BCUT2D eigenvalue weighted by Gasteiger charge is 2.12. The molecule has 4 aromatic rings. The second kappa shape index (κ2) is 10.3. The van der Waals surface area contributed by atoms with Gasteiger partial charge in [-0.25, -0.2) is 0 Å². The fourth-order valence-corrected chi connectivity index (χ4v) is 5.10. The third-order valence-corrected chi connectivity index (χ3v) is 7.45. The predicted molar refractivity (Wildman–Crippen MR) is 138 cm³/mol. The molecule has 0 aliphatic carbocycles. The summed E-state index contributed by atoms with van der Waals surface area (Å²) in [5, 5.41) is 9.86. The van der Waals surface area contributed by atoms with E-state index in [1.54, 1.807) is 18.3 Å². The predicted octanol–water partition coefficient (Wildman–Crippen LogP) is 7.49. The van der Waals surface area contributed by atoms with Gasteiger partial charge in [0.15, 0.2) is 5.78 Å². The molecule has 0 amide bonds. The van der Waals surface area contributed by atoms with Crippen molar-refractivity contribution in [2.45, 2.75) is 46.1 Å². The lowest BCUT2D eigenvalue weighted by molar-refractivity contribution is 0.0986. The van der Waals surface area contributed by atoms with Crippen molar-refractivity contribution in [1.29, 1.82) is 0 Å². The van der Waals surface area contributed by atoms with Gasteiger partial charge in [0.05, 0.1) is 11.0 Å². The van der Waals surface area contributed by atoms with Gasteiger partial charge in [-0.05, 0) is 84.7 Å². The monoisotopic (exact) mass is 454 g/mol. The van der Waals surface area contributed by atoms with E-state index in [4.69, 9.17) is 0 Å². The van der Waals surface area contributed by atoms with Crippen LogP contribution in [0, 0.1) is 13.8 Å². The number of carbonyl (C=O) groups is 1. The minimum absolute atomic E-state index is 0.207. The summed E-state index contributed by atoms with van der Waals surface area (Å²) in [5.41, 5.74) is 8.28. The van der Waals surface area contributed by atoms with Crippen LogP contribution in [0.1, 0.15) is 62.5 Å². The van der Waals surface area contributed by atoms with Crippen LogP contribution in [0.25, 0.3) is 10.4 Å². The smallest absolute Gasteiger partial charge is 0.173 e. The van der Waals surface area contributed by atoms with Crippen molar-refractivity contribution in [2.75, 3.05) is 0 Å². The standard InChI is InChI=1S/C30H30O2S/c1-20-7-4-10-25(21(20)2)13-14-28(32)30-16-15-29(33-30)27-12-6-9-24(19-27)17-23-8-5-11-26(18-23)22(3)31/h4-12,15-16,18-19,22,31H,13-14,17H2,1-3H3. The Hall–Kier alpha value is -3.01. The first-order valence-electron chi connectivity index (χ1n) is 11.4. The SMILES string of the molecule is Cc1cccc(CCC(=O)c2ccc(-c3cccc(Cc4cccc(C(C)O)c4)c3)s2)c1C. The van der Waals surface area contributed by atoms with Crippen molar-refractivity contribution in [3.05, 3.63) is 117 Å². The number of hydrogen-bond acceptors (Lipinski definition) is 3. The van der Waals surface area contributed by atoms with Gasteiger partial charge in [-0.1, -0.05) is 66.7 Å². The topological polar surface area (TPSA) is 37.3 Å². The van der Waals surface area contributed by atoms with Crippen LogP contribution in [0.5, 0.6) is 0 Å². The number of aryl methyl sites for hydroxylation is 2. The average molecular weight is 455 g/mol. The van der Waals surface area contributed by atoms with Gasteiger partial charge >= 0.3 is 0 Å². The molecule has 168 valence electrons. The lowest BCUT2D eigenvalue weighted by atomic mass is 9.98. The summed E-state index contributed by atoms with van der Waals surface area (Å²) in [5.74, 6) is 0.207. The molecular weight excluding hydrogens is 424 g/mol. The normalized spacial score (nSPS) is 12.0. The first kappa shape index (κ1) is 23.2. The van der Waals surface area contributed by atoms with Gasteiger partial charge in [0, 0.05) is 11.3 Å². The Labute approximate surface area is 200 Å². The molecule has 3 aromatic carbocycles. The molecule has 1 unspecified atom stereocenters. The zero-order valence-electron chi connectivity index (χ0n) is 19.5. The number of thiophene rings is 1. The molecule has 0 radical (unpaired) electrons. The molecule has 1 atom stereocenters. The molecule has 0 spiro atoms. The number of benzene rings is 3. The van der Waals surface area contributed by atoms with Crippen molar-refractivity contribution in [3.8, 4) is 10.4 Å². The van der Waals surface area contributed by atoms with Gasteiger partial charge in [0.1, 0.15) is 0 Å². The Morgan fingerprint density at radius 2 is 1.64 bits per heavy atom. The largest absolute Gasteiger partial charge is 0.389 e. The number of Topliss-reactive ketones (excluding diaryl/α,β-unsaturated/α-hetero) is 1. The van der Waals surface area contributed by atoms with Gasteiger partial charge in [0.25, 0.3) is 0 Å². The highest BCUT2D eigenvalue weighted by Crippen LogP contribution is 2.30. The molecule has 0 saturated heterocycles. The van der Waals surface area contributed by atoms with Crippen molar-refractivity contribution in [2.24, 2.45) is 0 Å². The van der Waals surface area contributed by atoms with Crippen molar-refractivity contribution >= 4 is 17.1 Å². The number of aliphatic hydroxyl groups is 1. The lowest BCUT2D eigenvalue weighted by Gasteiger charge is -2.09. The molecule has 0 bridgehead atoms. The van der Waals surface area contributed by atoms with E-state index in [0.29, 0.717) is 6.42 Å². The highest BCUT2D eigenvalue weighted by atomic mass is 32.1. The van der Waals surface area contributed by atoms with Crippen molar-refractivity contribution in [1.82, 2.24) is 0 Å². The molecule has 1 heterocycles. The van der Waals surface area contributed by atoms with Crippen LogP contribution >= 0.6 is 11.3 Å². The van der Waals surface area contributed by atoms with E-state index >= 15 is 0 Å². The first-order valence-corrected chi connectivity index (χ1v) is 12.3. The molecule has 0 fully saturated rings. The van der Waals surface area contributed by atoms with Crippen LogP contribution in [0.15, 0.2) is 78.9 Å². The van der Waals surface area contributed by atoms with Crippen LogP contribution in [0.4, 0.5) is 0 Å². The molecule has 4 rings (SSSR count). The molecule has 33 heavy (non-hydrogen) atoms. The molecule has 1 N–H and O–H groups in total. The number of ketones is 1. The summed E-state index contributed by atoms with van der Waals surface area (Å²) >= 11 is 1.58. The molecule has 0 saturated carbocycles. The van der Waals surface area contributed by atoms with Crippen LogP contribution < -0.4 is 0 Å². The van der Waals surface area contributed by atoms with Crippen LogP contribution in [-0.2, 0) is 12.8 Å². The van der Waals surface area contributed by atoms with E-state index in [2.05, 4.69) is 74.5 Å². The summed E-state index contributed by atoms with van der Waals surface area (Å²) < 4.78 is 0. The molecular formula is C30H30O2S. The van der Waals surface area contributed by atoms with Crippen molar-refractivity contribution < 1.29 is 9.90 Å². The fourth-order valence-electron chi connectivity index (χ4n) is 4.13. The second-order valence-electron chi connectivity index (χ2n) is 8.74. The third kappa shape index (κ3) is 5.68. The zero-order chi connectivity index (χ0) is 23.4. The van der Waals surface area contributed by atoms with E-state index in [0.717, 1.165) is 33.7 Å². The Bertz CT molecular complexity index is 1270. The second-order valence-corrected chi connectivity index (χ2v) is 9.83. The average Bonchev–Trinajstić information content (AvgIpc) is 3.31. The number of hydrogen-bond donors (Lipinski definition) is 1. The summed E-state index contributed by atoms with van der Waals surface area (Å²) in [4.78, 5) is 14.8. The minimum Gasteiger partial charge on any atom is -0.389 e. The fraction of sp³-hybridized carbons (Fsp3) is 0.233. The Kier molecular flexibility index (Phi) is 7.22. The third-order valence-electron chi connectivity index (χ3n) is 6.27. The Morgan fingerprint density at radius 1 is 0.909 bits per heavy atom. The van der Waals surface area contributed by atoms with Gasteiger partial charge in [-0.2, -0.15) is 0 Å². The minimum atomic E-state index is -0.465. The van der Waals surface area contributed by atoms with E-state index < -0.39 is 6.10 Å².